The molecule has 8 nitrogen and oxygen atoms in total. The van der Waals surface area contributed by atoms with Crippen LogP contribution in [0.15, 0.2) is 6.20 Å². The summed E-state index contributed by atoms with van der Waals surface area (Å²) in [5, 5.41) is 16.6. The van der Waals surface area contributed by atoms with Crippen molar-refractivity contribution in [1.82, 2.24) is 14.6 Å². The number of aromatic nitrogens is 3. The van der Waals surface area contributed by atoms with Crippen LogP contribution in [0.1, 0.15) is 56.9 Å². The van der Waals surface area contributed by atoms with E-state index in [0.29, 0.717) is 13.0 Å². The highest BCUT2D eigenvalue weighted by Gasteiger charge is 2.43. The molecule has 3 heterocycles. The Balaban J connectivity index is 2.12. The number of carbonyl (C=O) groups is 1. The van der Waals surface area contributed by atoms with Crippen LogP contribution in [0.2, 0.25) is 0 Å². The van der Waals surface area contributed by atoms with E-state index in [9.17, 15) is 27.6 Å². The monoisotopic (exact) mass is 457 g/mol. The first-order valence-corrected chi connectivity index (χ1v) is 9.94. The molecule has 0 aliphatic carbocycles. The van der Waals surface area contributed by atoms with E-state index in [4.69, 9.17) is 9.47 Å². The Kier molecular flexibility index (Phi) is 6.33. The summed E-state index contributed by atoms with van der Waals surface area (Å²) < 4.78 is 67.6. The maximum absolute atomic E-state index is 14.7. The van der Waals surface area contributed by atoms with E-state index in [0.717, 1.165) is 10.7 Å². The number of carbonyl (C=O) groups excluding carboxylic acids is 1. The summed E-state index contributed by atoms with van der Waals surface area (Å²) in [6, 6.07) is 1.13. The second-order valence-corrected chi connectivity index (χ2v) is 8.17. The standard InChI is InChI=1S/C20H23F4N5O3/c1-10(19(3,4)21)17-12(7-25)16(20(22,23)24)14-8-26-18(28-29(14)17)27-13-5-6-31-9-15(13)32-11(2)30/h8,10,13,15H,5-6,9H2,1-4H3,(H,27,28). The van der Waals surface area contributed by atoms with E-state index in [1.54, 1.807) is 6.07 Å². The molecule has 0 radical (unpaired) electrons. The molecule has 0 saturated carbocycles. The largest absolute Gasteiger partial charge is 0.458 e. The van der Waals surface area contributed by atoms with Crippen molar-refractivity contribution in [2.24, 2.45) is 0 Å². The average molecular weight is 457 g/mol. The van der Waals surface area contributed by atoms with Crippen molar-refractivity contribution >= 4 is 17.4 Å². The van der Waals surface area contributed by atoms with Crippen molar-refractivity contribution in [3.05, 3.63) is 23.0 Å². The summed E-state index contributed by atoms with van der Waals surface area (Å²) in [5.41, 5.74) is -4.47. The van der Waals surface area contributed by atoms with Gasteiger partial charge < -0.3 is 14.8 Å². The maximum atomic E-state index is 14.7. The van der Waals surface area contributed by atoms with E-state index in [-0.39, 0.29) is 18.2 Å². The number of halogens is 4. The summed E-state index contributed by atoms with van der Waals surface area (Å²) in [6.45, 7) is 5.60. The number of ether oxygens (including phenoxy) is 2. The Hall–Kier alpha value is -2.94. The number of nitrogens with one attached hydrogen (secondary N) is 1. The van der Waals surface area contributed by atoms with Crippen LogP contribution in [0.4, 0.5) is 23.5 Å². The van der Waals surface area contributed by atoms with Gasteiger partial charge in [0.2, 0.25) is 5.95 Å². The lowest BCUT2D eigenvalue weighted by molar-refractivity contribution is -0.153. The lowest BCUT2D eigenvalue weighted by Crippen LogP contribution is -2.44. The number of hydrogen-bond acceptors (Lipinski definition) is 7. The molecule has 2 aromatic rings. The van der Waals surface area contributed by atoms with Crippen LogP contribution in [0.5, 0.6) is 0 Å². The molecule has 2 aromatic heterocycles. The van der Waals surface area contributed by atoms with Gasteiger partial charge in [0, 0.05) is 19.4 Å². The van der Waals surface area contributed by atoms with Crippen LogP contribution in [0, 0.1) is 11.3 Å². The Morgan fingerprint density at radius 2 is 2.09 bits per heavy atom. The number of fused-ring (bicyclic) bond motifs is 1. The molecule has 0 spiro atoms. The molecule has 1 saturated heterocycles. The second kappa shape index (κ2) is 8.54. The minimum Gasteiger partial charge on any atom is -0.458 e. The minimum absolute atomic E-state index is 0.0557. The van der Waals surface area contributed by atoms with E-state index < -0.39 is 52.5 Å². The fourth-order valence-corrected chi connectivity index (χ4v) is 3.63. The smallest absolute Gasteiger partial charge is 0.419 e. The number of hydrogen-bond donors (Lipinski definition) is 1. The van der Waals surface area contributed by atoms with Crippen molar-refractivity contribution in [3.63, 3.8) is 0 Å². The first-order chi connectivity index (χ1) is 14.8. The van der Waals surface area contributed by atoms with Crippen LogP contribution in [-0.4, -0.2) is 51.6 Å². The zero-order valence-corrected chi connectivity index (χ0v) is 18.0. The second-order valence-electron chi connectivity index (χ2n) is 8.17. The molecular weight excluding hydrogens is 434 g/mol. The highest BCUT2D eigenvalue weighted by atomic mass is 19.4. The van der Waals surface area contributed by atoms with Gasteiger partial charge in [-0.1, -0.05) is 6.92 Å². The van der Waals surface area contributed by atoms with Gasteiger partial charge in [-0.05, 0) is 20.3 Å². The van der Waals surface area contributed by atoms with E-state index in [1.165, 1.54) is 27.7 Å². The van der Waals surface area contributed by atoms with Gasteiger partial charge in [-0.3, -0.25) is 4.79 Å². The number of nitriles is 1. The summed E-state index contributed by atoms with van der Waals surface area (Å²) in [7, 11) is 0. The molecule has 0 amide bonds. The highest BCUT2D eigenvalue weighted by molar-refractivity contribution is 5.67. The fraction of sp³-hybridized carbons (Fsp3) is 0.600. The number of rotatable bonds is 5. The van der Waals surface area contributed by atoms with Gasteiger partial charge in [0.25, 0.3) is 0 Å². The van der Waals surface area contributed by atoms with Gasteiger partial charge in [0.05, 0.1) is 35.6 Å². The highest BCUT2D eigenvalue weighted by Crippen LogP contribution is 2.42. The quantitative estimate of drug-likeness (QED) is 0.541. The molecule has 1 aliphatic rings. The Morgan fingerprint density at radius 1 is 1.41 bits per heavy atom. The topological polar surface area (TPSA) is 102 Å². The fourth-order valence-electron chi connectivity index (χ4n) is 3.63. The van der Waals surface area contributed by atoms with Gasteiger partial charge >= 0.3 is 12.1 Å². The van der Waals surface area contributed by atoms with Gasteiger partial charge in [0.1, 0.15) is 23.4 Å². The van der Waals surface area contributed by atoms with Gasteiger partial charge in [-0.25, -0.2) is 13.9 Å². The Labute approximate surface area is 181 Å². The molecule has 0 bridgehead atoms. The maximum Gasteiger partial charge on any atom is 0.419 e. The number of alkyl halides is 4. The predicted octanol–water partition coefficient (Wildman–Crippen LogP) is 3.60. The molecule has 12 heteroatoms. The molecular formula is C20H23F4N5O3. The molecule has 3 atom stereocenters. The summed E-state index contributed by atoms with van der Waals surface area (Å²) in [5.74, 6) is -1.65. The van der Waals surface area contributed by atoms with Crippen LogP contribution in [0.25, 0.3) is 5.52 Å². The number of anilines is 1. The van der Waals surface area contributed by atoms with Crippen molar-refractivity contribution in [3.8, 4) is 6.07 Å². The summed E-state index contributed by atoms with van der Waals surface area (Å²) in [6.07, 6.45) is -4.13. The molecule has 1 fully saturated rings. The van der Waals surface area contributed by atoms with Crippen LogP contribution in [-0.2, 0) is 20.4 Å². The van der Waals surface area contributed by atoms with Gasteiger partial charge in [-0.15, -0.1) is 5.10 Å². The van der Waals surface area contributed by atoms with E-state index in [1.807, 2.05) is 0 Å². The zero-order chi connectivity index (χ0) is 23.8. The van der Waals surface area contributed by atoms with Crippen LogP contribution in [0.3, 0.4) is 0 Å². The van der Waals surface area contributed by atoms with Gasteiger partial charge in [-0.2, -0.15) is 18.4 Å². The minimum atomic E-state index is -4.87. The molecule has 3 unspecified atom stereocenters. The Bertz CT molecular complexity index is 1050. The van der Waals surface area contributed by atoms with E-state index in [2.05, 4.69) is 15.4 Å². The molecule has 1 aliphatic heterocycles. The van der Waals surface area contributed by atoms with Crippen molar-refractivity contribution in [1.29, 1.82) is 5.26 Å². The molecule has 0 aromatic carbocycles. The lowest BCUT2D eigenvalue weighted by Gasteiger charge is -2.31. The third-order valence-corrected chi connectivity index (χ3v) is 5.49. The molecule has 1 N–H and O–H groups in total. The summed E-state index contributed by atoms with van der Waals surface area (Å²) in [4.78, 5) is 15.3. The number of esters is 1. The molecule has 32 heavy (non-hydrogen) atoms. The summed E-state index contributed by atoms with van der Waals surface area (Å²) >= 11 is 0. The first kappa shape index (κ1) is 23.7. The third-order valence-electron chi connectivity index (χ3n) is 5.49. The first-order valence-electron chi connectivity index (χ1n) is 9.94. The van der Waals surface area contributed by atoms with Crippen molar-refractivity contribution in [2.75, 3.05) is 18.5 Å². The molecule has 174 valence electrons. The van der Waals surface area contributed by atoms with Crippen molar-refractivity contribution in [2.45, 2.75) is 64.0 Å². The van der Waals surface area contributed by atoms with Crippen LogP contribution >= 0.6 is 0 Å². The zero-order valence-electron chi connectivity index (χ0n) is 18.0. The predicted molar refractivity (Wildman–Crippen MR) is 105 cm³/mol. The van der Waals surface area contributed by atoms with Crippen LogP contribution < -0.4 is 5.32 Å². The average Bonchev–Trinajstić information content (AvgIpc) is 3.01. The normalized spacial score (nSPS) is 20.6. The number of nitrogens with zero attached hydrogens (tertiary/aromatic N) is 4. The Morgan fingerprint density at radius 3 is 2.66 bits per heavy atom. The SMILES string of the molecule is CC(=O)OC1COCCC1Nc1ncc2c(C(F)(F)F)c(C#N)c(C(C)C(C)(C)F)n2n1. The van der Waals surface area contributed by atoms with E-state index >= 15 is 0 Å². The van der Waals surface area contributed by atoms with Gasteiger partial charge in [0.15, 0.2) is 0 Å². The molecule has 3 rings (SSSR count). The third kappa shape index (κ3) is 4.62. The van der Waals surface area contributed by atoms with Crippen molar-refractivity contribution < 1.29 is 31.8 Å². The lowest BCUT2D eigenvalue weighted by atomic mass is 9.89.